The number of aromatic carboxylic acids is 1. The van der Waals surface area contributed by atoms with Crippen LogP contribution in [0.4, 0.5) is 5.82 Å². The summed E-state index contributed by atoms with van der Waals surface area (Å²) >= 11 is 0. The van der Waals surface area contributed by atoms with Crippen LogP contribution in [0.5, 0.6) is 0 Å². The number of hydrogen-bond donors (Lipinski definition) is 1. The van der Waals surface area contributed by atoms with Gasteiger partial charge in [0.15, 0.2) is 5.82 Å². The molecular formula is C18H24N4O2. The molecule has 0 aliphatic carbocycles. The Morgan fingerprint density at radius 2 is 2.04 bits per heavy atom. The second-order valence-electron chi connectivity index (χ2n) is 6.20. The molecule has 0 saturated carbocycles. The lowest BCUT2D eigenvalue weighted by Crippen LogP contribution is -2.40. The average molecular weight is 328 g/mol. The van der Waals surface area contributed by atoms with Crippen molar-refractivity contribution in [3.63, 3.8) is 0 Å². The predicted molar refractivity (Wildman–Crippen MR) is 93.0 cm³/mol. The van der Waals surface area contributed by atoms with Gasteiger partial charge in [0.05, 0.1) is 5.69 Å². The van der Waals surface area contributed by atoms with E-state index in [-0.39, 0.29) is 5.69 Å². The van der Waals surface area contributed by atoms with Crippen LogP contribution in [0.3, 0.4) is 0 Å². The molecule has 0 amide bonds. The minimum Gasteiger partial charge on any atom is -0.476 e. The molecule has 1 aliphatic heterocycles. The number of carboxylic acid groups (broad SMARTS) is 1. The Morgan fingerprint density at radius 1 is 1.25 bits per heavy atom. The standard InChI is InChI=1S/C18H24N4O2/c1-3-13-9-5-6-11-15(13)22-19-16(18(23)24)17(20-22)21-12-8-7-10-14(21)4-2/h5-6,9,11,14H,3-4,7-8,10,12H2,1-2H3,(H,23,24)/t14-/m1/s1. The molecule has 1 aromatic heterocycles. The molecule has 2 heterocycles. The molecular weight excluding hydrogens is 304 g/mol. The number of hydrogen-bond acceptors (Lipinski definition) is 4. The number of aromatic nitrogens is 3. The molecule has 0 bridgehead atoms. The van der Waals surface area contributed by atoms with E-state index in [2.05, 4.69) is 28.9 Å². The molecule has 3 rings (SSSR count). The van der Waals surface area contributed by atoms with E-state index in [1.54, 1.807) is 0 Å². The van der Waals surface area contributed by atoms with E-state index in [9.17, 15) is 9.90 Å². The number of para-hydroxylation sites is 1. The maximum absolute atomic E-state index is 11.7. The summed E-state index contributed by atoms with van der Waals surface area (Å²) in [6, 6.07) is 8.19. The topological polar surface area (TPSA) is 71.2 Å². The van der Waals surface area contributed by atoms with Gasteiger partial charge in [-0.3, -0.25) is 0 Å². The first kappa shape index (κ1) is 16.5. The highest BCUT2D eigenvalue weighted by Gasteiger charge is 2.29. The maximum atomic E-state index is 11.7. The summed E-state index contributed by atoms with van der Waals surface area (Å²) in [6.45, 7) is 5.05. The highest BCUT2D eigenvalue weighted by Crippen LogP contribution is 2.28. The van der Waals surface area contributed by atoms with Gasteiger partial charge in [-0.15, -0.1) is 15.0 Å². The second-order valence-corrected chi connectivity index (χ2v) is 6.20. The summed E-state index contributed by atoms with van der Waals surface area (Å²) < 4.78 is 0. The molecule has 128 valence electrons. The Bertz CT molecular complexity index is 726. The number of carbonyl (C=O) groups is 1. The highest BCUT2D eigenvalue weighted by atomic mass is 16.4. The summed E-state index contributed by atoms with van der Waals surface area (Å²) in [5.41, 5.74) is 1.99. The molecule has 2 aromatic rings. The van der Waals surface area contributed by atoms with Crippen LogP contribution in [0.25, 0.3) is 5.69 Å². The monoisotopic (exact) mass is 328 g/mol. The largest absolute Gasteiger partial charge is 0.476 e. The number of nitrogens with zero attached hydrogens (tertiary/aromatic N) is 4. The van der Waals surface area contributed by atoms with Crippen molar-refractivity contribution in [2.45, 2.75) is 52.0 Å². The third-order valence-corrected chi connectivity index (χ3v) is 4.76. The summed E-state index contributed by atoms with van der Waals surface area (Å²) in [6.07, 6.45) is 5.15. The van der Waals surface area contributed by atoms with Crippen molar-refractivity contribution in [1.82, 2.24) is 15.0 Å². The van der Waals surface area contributed by atoms with Gasteiger partial charge in [0.25, 0.3) is 0 Å². The van der Waals surface area contributed by atoms with E-state index < -0.39 is 5.97 Å². The third kappa shape index (κ3) is 3.00. The summed E-state index contributed by atoms with van der Waals surface area (Å²) in [7, 11) is 0. The molecule has 1 N–H and O–H groups in total. The molecule has 1 saturated heterocycles. The number of piperidine rings is 1. The van der Waals surface area contributed by atoms with Crippen molar-refractivity contribution >= 4 is 11.8 Å². The predicted octanol–water partition coefficient (Wildman–Crippen LogP) is 3.30. The van der Waals surface area contributed by atoms with Crippen LogP contribution in [0, 0.1) is 0 Å². The lowest BCUT2D eigenvalue weighted by molar-refractivity contribution is 0.0690. The van der Waals surface area contributed by atoms with E-state index in [1.165, 1.54) is 11.2 Å². The fraction of sp³-hybridized carbons (Fsp3) is 0.500. The first-order valence-corrected chi connectivity index (χ1v) is 8.71. The van der Waals surface area contributed by atoms with Crippen molar-refractivity contribution in [3.8, 4) is 5.69 Å². The number of benzene rings is 1. The molecule has 6 nitrogen and oxygen atoms in total. The van der Waals surface area contributed by atoms with Crippen molar-refractivity contribution in [2.24, 2.45) is 0 Å². The fourth-order valence-electron chi connectivity index (χ4n) is 3.45. The van der Waals surface area contributed by atoms with Crippen LogP contribution in [0.1, 0.15) is 55.6 Å². The highest BCUT2D eigenvalue weighted by molar-refractivity contribution is 5.91. The smallest absolute Gasteiger partial charge is 0.360 e. The zero-order valence-corrected chi connectivity index (χ0v) is 14.3. The van der Waals surface area contributed by atoms with E-state index in [1.807, 2.05) is 24.3 Å². The van der Waals surface area contributed by atoms with Gasteiger partial charge in [-0.25, -0.2) is 4.79 Å². The SMILES string of the molecule is CCc1ccccc1-n1nc(C(=O)O)c(N2CCCC[C@H]2CC)n1. The van der Waals surface area contributed by atoms with Crippen molar-refractivity contribution in [1.29, 1.82) is 0 Å². The lowest BCUT2D eigenvalue weighted by atomic mass is 10.00. The van der Waals surface area contributed by atoms with Gasteiger partial charge in [0, 0.05) is 12.6 Å². The Kier molecular flexibility index (Phi) is 4.83. The minimum absolute atomic E-state index is 0.0428. The van der Waals surface area contributed by atoms with E-state index in [0.717, 1.165) is 43.5 Å². The number of carboxylic acids is 1. The van der Waals surface area contributed by atoms with E-state index in [4.69, 9.17) is 0 Å². The van der Waals surface area contributed by atoms with E-state index >= 15 is 0 Å². The van der Waals surface area contributed by atoms with Crippen LogP contribution >= 0.6 is 0 Å². The van der Waals surface area contributed by atoms with Crippen LogP contribution in [-0.4, -0.2) is 38.7 Å². The van der Waals surface area contributed by atoms with Crippen molar-refractivity contribution < 1.29 is 9.90 Å². The Balaban J connectivity index is 2.07. The first-order valence-electron chi connectivity index (χ1n) is 8.71. The number of rotatable bonds is 5. The quantitative estimate of drug-likeness (QED) is 0.912. The molecule has 1 fully saturated rings. The maximum Gasteiger partial charge on any atom is 0.360 e. The van der Waals surface area contributed by atoms with Gasteiger partial charge in [0.1, 0.15) is 0 Å². The molecule has 1 aliphatic rings. The third-order valence-electron chi connectivity index (χ3n) is 4.76. The first-order chi connectivity index (χ1) is 11.7. The van der Waals surface area contributed by atoms with Crippen LogP contribution < -0.4 is 4.90 Å². The van der Waals surface area contributed by atoms with Crippen LogP contribution in [0.2, 0.25) is 0 Å². The Hall–Kier alpha value is -2.37. The van der Waals surface area contributed by atoms with Gasteiger partial charge >= 0.3 is 5.97 Å². The van der Waals surface area contributed by atoms with Gasteiger partial charge in [-0.2, -0.15) is 0 Å². The van der Waals surface area contributed by atoms with Gasteiger partial charge in [0.2, 0.25) is 5.69 Å². The average Bonchev–Trinajstić information content (AvgIpc) is 3.07. The summed E-state index contributed by atoms with van der Waals surface area (Å²) in [5, 5.41) is 18.5. The van der Waals surface area contributed by atoms with Gasteiger partial charge in [-0.05, 0) is 43.7 Å². The normalized spacial score (nSPS) is 17.9. The molecule has 0 spiro atoms. The van der Waals surface area contributed by atoms with Gasteiger partial charge in [-0.1, -0.05) is 32.0 Å². The lowest BCUT2D eigenvalue weighted by Gasteiger charge is -2.35. The zero-order chi connectivity index (χ0) is 17.1. The summed E-state index contributed by atoms with van der Waals surface area (Å²) in [4.78, 5) is 15.3. The molecule has 1 atom stereocenters. The van der Waals surface area contributed by atoms with Crippen molar-refractivity contribution in [3.05, 3.63) is 35.5 Å². The zero-order valence-electron chi connectivity index (χ0n) is 14.3. The number of anilines is 1. The molecule has 0 radical (unpaired) electrons. The van der Waals surface area contributed by atoms with Gasteiger partial charge < -0.3 is 10.0 Å². The minimum atomic E-state index is -1.02. The molecule has 24 heavy (non-hydrogen) atoms. The van der Waals surface area contributed by atoms with Crippen molar-refractivity contribution in [2.75, 3.05) is 11.4 Å². The van der Waals surface area contributed by atoms with Crippen LogP contribution in [0.15, 0.2) is 24.3 Å². The second kappa shape index (κ2) is 7.03. The van der Waals surface area contributed by atoms with E-state index in [0.29, 0.717) is 11.9 Å². The van der Waals surface area contributed by atoms with Crippen LogP contribution in [-0.2, 0) is 6.42 Å². The Morgan fingerprint density at radius 3 is 2.75 bits per heavy atom. The molecule has 6 heteroatoms. The number of aryl methyl sites for hydroxylation is 1. The Labute approximate surface area is 142 Å². The fourth-order valence-corrected chi connectivity index (χ4v) is 3.45. The molecule has 0 unspecified atom stereocenters. The molecule has 1 aromatic carbocycles. The summed E-state index contributed by atoms with van der Waals surface area (Å²) in [5.74, 6) is -0.523.